The standard InChI is InChI=1S/C18H29ClO3/c1-2-3-4-7-12-21-13-15-14(8-5-6-9-18(19)20)16-10-11-17(15)22-16/h5-6,14-17H,2-4,7-13H2,1H3/t14-,15+,16-,17+/m0/s1. The van der Waals surface area contributed by atoms with E-state index in [9.17, 15) is 4.79 Å². The van der Waals surface area contributed by atoms with Crippen LogP contribution in [0.3, 0.4) is 0 Å². The van der Waals surface area contributed by atoms with E-state index in [4.69, 9.17) is 21.1 Å². The van der Waals surface area contributed by atoms with Crippen molar-refractivity contribution in [1.29, 1.82) is 0 Å². The van der Waals surface area contributed by atoms with Crippen LogP contribution in [0, 0.1) is 11.8 Å². The Morgan fingerprint density at radius 1 is 1.18 bits per heavy atom. The maximum absolute atomic E-state index is 10.8. The number of fused-ring (bicyclic) bond motifs is 2. The van der Waals surface area contributed by atoms with E-state index >= 15 is 0 Å². The summed E-state index contributed by atoms with van der Waals surface area (Å²) in [6.07, 6.45) is 13.4. The van der Waals surface area contributed by atoms with Crippen LogP contribution in [0.15, 0.2) is 12.2 Å². The topological polar surface area (TPSA) is 35.5 Å². The summed E-state index contributed by atoms with van der Waals surface area (Å²) in [5.74, 6) is 1.05. The first-order valence-corrected chi connectivity index (χ1v) is 9.16. The smallest absolute Gasteiger partial charge is 0.225 e. The van der Waals surface area contributed by atoms with Crippen molar-refractivity contribution in [2.24, 2.45) is 11.8 Å². The first-order chi connectivity index (χ1) is 10.7. The summed E-state index contributed by atoms with van der Waals surface area (Å²) >= 11 is 5.35. The Labute approximate surface area is 139 Å². The molecule has 22 heavy (non-hydrogen) atoms. The van der Waals surface area contributed by atoms with Gasteiger partial charge in [-0.15, -0.1) is 0 Å². The minimum absolute atomic E-state index is 0.299. The van der Waals surface area contributed by atoms with Crippen LogP contribution in [-0.4, -0.2) is 30.7 Å². The second-order valence-electron chi connectivity index (χ2n) is 6.52. The van der Waals surface area contributed by atoms with Gasteiger partial charge in [0.05, 0.1) is 18.8 Å². The molecule has 0 saturated carbocycles. The molecule has 2 aliphatic rings. The van der Waals surface area contributed by atoms with Gasteiger partial charge < -0.3 is 9.47 Å². The highest BCUT2D eigenvalue weighted by Gasteiger charge is 2.48. The average Bonchev–Trinajstić information content (AvgIpc) is 3.08. The second kappa shape index (κ2) is 9.69. The molecule has 2 bridgehead atoms. The zero-order chi connectivity index (χ0) is 15.8. The Hall–Kier alpha value is -0.380. The van der Waals surface area contributed by atoms with Gasteiger partial charge in [-0.05, 0) is 43.2 Å². The molecule has 0 amide bonds. The monoisotopic (exact) mass is 328 g/mol. The van der Waals surface area contributed by atoms with Crippen LogP contribution in [0.25, 0.3) is 0 Å². The molecule has 0 aromatic heterocycles. The second-order valence-corrected chi connectivity index (χ2v) is 6.94. The molecular formula is C18H29ClO3. The first-order valence-electron chi connectivity index (χ1n) is 8.79. The van der Waals surface area contributed by atoms with Gasteiger partial charge in [0.2, 0.25) is 5.24 Å². The normalized spacial score (nSPS) is 30.5. The largest absolute Gasteiger partial charge is 0.381 e. The van der Waals surface area contributed by atoms with Crippen molar-refractivity contribution in [2.75, 3.05) is 13.2 Å². The van der Waals surface area contributed by atoms with Gasteiger partial charge in [0, 0.05) is 18.9 Å². The lowest BCUT2D eigenvalue weighted by Crippen LogP contribution is -2.30. The van der Waals surface area contributed by atoms with Gasteiger partial charge in [0.1, 0.15) is 0 Å². The molecule has 0 N–H and O–H groups in total. The Kier molecular flexibility index (Phi) is 7.91. The molecule has 0 unspecified atom stereocenters. The molecule has 2 heterocycles. The number of halogens is 1. The zero-order valence-corrected chi connectivity index (χ0v) is 14.4. The van der Waals surface area contributed by atoms with Crippen molar-refractivity contribution >= 4 is 16.8 Å². The van der Waals surface area contributed by atoms with Crippen molar-refractivity contribution in [3.8, 4) is 0 Å². The molecule has 0 aromatic rings. The number of hydrogen-bond acceptors (Lipinski definition) is 3. The van der Waals surface area contributed by atoms with Crippen molar-refractivity contribution in [2.45, 2.75) is 70.5 Å². The summed E-state index contributed by atoms with van der Waals surface area (Å²) in [7, 11) is 0. The minimum Gasteiger partial charge on any atom is -0.381 e. The average molecular weight is 329 g/mol. The van der Waals surface area contributed by atoms with Gasteiger partial charge in [-0.3, -0.25) is 4.79 Å². The summed E-state index contributed by atoms with van der Waals surface area (Å²) in [5, 5.41) is -0.299. The van der Waals surface area contributed by atoms with E-state index in [0.29, 0.717) is 30.5 Å². The van der Waals surface area contributed by atoms with Crippen molar-refractivity contribution in [1.82, 2.24) is 0 Å². The van der Waals surface area contributed by atoms with Crippen LogP contribution in [0.2, 0.25) is 0 Å². The molecule has 126 valence electrons. The number of allylic oxidation sites excluding steroid dienone is 2. The number of unbranched alkanes of at least 4 members (excludes halogenated alkanes) is 3. The van der Waals surface area contributed by atoms with E-state index in [2.05, 4.69) is 13.0 Å². The van der Waals surface area contributed by atoms with E-state index in [1.807, 2.05) is 6.08 Å². The summed E-state index contributed by atoms with van der Waals surface area (Å²) in [5.41, 5.74) is 0. The van der Waals surface area contributed by atoms with Gasteiger partial charge >= 0.3 is 0 Å². The lowest BCUT2D eigenvalue weighted by Gasteiger charge is -2.27. The van der Waals surface area contributed by atoms with Crippen LogP contribution in [0.4, 0.5) is 0 Å². The van der Waals surface area contributed by atoms with Gasteiger partial charge in [-0.2, -0.15) is 0 Å². The molecule has 2 aliphatic heterocycles. The summed E-state index contributed by atoms with van der Waals surface area (Å²) in [6.45, 7) is 3.92. The van der Waals surface area contributed by atoms with E-state index in [-0.39, 0.29) is 5.24 Å². The van der Waals surface area contributed by atoms with E-state index in [0.717, 1.165) is 26.1 Å². The highest BCUT2D eigenvalue weighted by Crippen LogP contribution is 2.45. The number of rotatable bonds is 11. The van der Waals surface area contributed by atoms with Crippen molar-refractivity contribution in [3.63, 3.8) is 0 Å². The third-order valence-electron chi connectivity index (χ3n) is 4.90. The number of ether oxygens (including phenoxy) is 2. The summed E-state index contributed by atoms with van der Waals surface area (Å²) in [4.78, 5) is 10.8. The van der Waals surface area contributed by atoms with Crippen LogP contribution < -0.4 is 0 Å². The molecule has 2 rings (SSSR count). The third-order valence-corrected chi connectivity index (χ3v) is 5.05. The van der Waals surface area contributed by atoms with Crippen LogP contribution in [0.1, 0.15) is 58.3 Å². The van der Waals surface area contributed by atoms with Crippen LogP contribution in [-0.2, 0) is 14.3 Å². The quantitative estimate of drug-likeness (QED) is 0.319. The molecule has 2 fully saturated rings. The van der Waals surface area contributed by atoms with Crippen LogP contribution >= 0.6 is 11.6 Å². The highest BCUT2D eigenvalue weighted by molar-refractivity contribution is 6.63. The molecule has 0 radical (unpaired) electrons. The lowest BCUT2D eigenvalue weighted by atomic mass is 9.78. The Morgan fingerprint density at radius 2 is 1.95 bits per heavy atom. The molecule has 3 nitrogen and oxygen atoms in total. The zero-order valence-electron chi connectivity index (χ0n) is 13.6. The summed E-state index contributed by atoms with van der Waals surface area (Å²) in [6, 6.07) is 0. The van der Waals surface area contributed by atoms with Crippen molar-refractivity contribution in [3.05, 3.63) is 12.2 Å². The Bertz CT molecular complexity index is 369. The van der Waals surface area contributed by atoms with Gasteiger partial charge in [0.15, 0.2) is 0 Å². The Balaban J connectivity index is 1.70. The maximum atomic E-state index is 10.8. The molecule has 4 atom stereocenters. The predicted octanol–water partition coefficient (Wildman–Crippen LogP) is 4.48. The number of hydrogen-bond donors (Lipinski definition) is 0. The van der Waals surface area contributed by atoms with E-state index in [1.54, 1.807) is 0 Å². The van der Waals surface area contributed by atoms with Crippen molar-refractivity contribution < 1.29 is 14.3 Å². The molecule has 2 saturated heterocycles. The van der Waals surface area contributed by atoms with Gasteiger partial charge in [-0.25, -0.2) is 0 Å². The highest BCUT2D eigenvalue weighted by atomic mass is 35.5. The predicted molar refractivity (Wildman–Crippen MR) is 89.1 cm³/mol. The maximum Gasteiger partial charge on any atom is 0.225 e. The van der Waals surface area contributed by atoms with Gasteiger partial charge in [0.25, 0.3) is 0 Å². The summed E-state index contributed by atoms with van der Waals surface area (Å²) < 4.78 is 12.0. The first kappa shape index (κ1) is 18.0. The third kappa shape index (κ3) is 5.36. The molecule has 0 aromatic carbocycles. The number of carbonyl (C=O) groups is 1. The van der Waals surface area contributed by atoms with E-state index in [1.165, 1.54) is 32.1 Å². The van der Waals surface area contributed by atoms with E-state index < -0.39 is 0 Å². The fourth-order valence-electron chi connectivity index (χ4n) is 3.71. The fraction of sp³-hybridized carbons (Fsp3) is 0.833. The van der Waals surface area contributed by atoms with Crippen LogP contribution in [0.5, 0.6) is 0 Å². The number of carbonyl (C=O) groups excluding carboxylic acids is 1. The minimum atomic E-state index is -0.299. The van der Waals surface area contributed by atoms with Gasteiger partial charge in [-0.1, -0.05) is 38.3 Å². The molecule has 0 spiro atoms. The fourth-order valence-corrected chi connectivity index (χ4v) is 3.80. The Morgan fingerprint density at radius 3 is 2.68 bits per heavy atom. The molecule has 0 aliphatic carbocycles. The molecular weight excluding hydrogens is 300 g/mol. The molecule has 4 heteroatoms. The lowest BCUT2D eigenvalue weighted by molar-refractivity contribution is -0.110. The SMILES string of the molecule is CCCCCCOC[C@@H]1[C@H](CC=CCC(=O)Cl)[C@@H]2CC[C@H]1O2.